The van der Waals surface area contributed by atoms with Gasteiger partial charge in [0.2, 0.25) is 5.91 Å². The summed E-state index contributed by atoms with van der Waals surface area (Å²) in [4.78, 5) is 17.9. The molecule has 0 saturated carbocycles. The highest BCUT2D eigenvalue weighted by atomic mass is 35.5. The first-order chi connectivity index (χ1) is 12.3. The number of rotatable bonds is 3. The molecule has 1 amide bonds. The van der Waals surface area contributed by atoms with Crippen molar-refractivity contribution in [2.24, 2.45) is 0 Å². The number of nitrogens with zero attached hydrogens (tertiary/aromatic N) is 4. The van der Waals surface area contributed by atoms with Gasteiger partial charge < -0.3 is 4.90 Å². The second-order valence-corrected chi connectivity index (χ2v) is 6.41. The summed E-state index contributed by atoms with van der Waals surface area (Å²) >= 11 is 5.59. The van der Waals surface area contributed by atoms with E-state index in [1.807, 2.05) is 0 Å². The second-order valence-electron chi connectivity index (χ2n) is 6.00. The maximum Gasteiger partial charge on any atom is 0.417 e. The Balaban J connectivity index is 1.62. The van der Waals surface area contributed by atoms with Gasteiger partial charge in [0.05, 0.1) is 16.6 Å². The number of aromatic nitrogens is 3. The van der Waals surface area contributed by atoms with Gasteiger partial charge in [-0.05, 0) is 36.6 Å². The van der Waals surface area contributed by atoms with E-state index in [1.54, 1.807) is 15.9 Å². The first-order valence-electron chi connectivity index (χ1n) is 8.02. The lowest BCUT2D eigenvalue weighted by molar-refractivity contribution is -0.137. The number of carbonyl (C=O) groups excluding carboxylic acids is 1. The zero-order valence-electron chi connectivity index (χ0n) is 13.7. The van der Waals surface area contributed by atoms with E-state index in [-0.39, 0.29) is 22.5 Å². The van der Waals surface area contributed by atoms with Crippen LogP contribution in [-0.4, -0.2) is 38.7 Å². The Hall–Kier alpha value is -2.35. The Kier molecular flexibility index (Phi) is 5.31. The topological polar surface area (TPSA) is 51.0 Å². The number of hydrogen-bond donors (Lipinski definition) is 0. The fourth-order valence-electron chi connectivity index (χ4n) is 2.89. The molecule has 0 atom stereocenters. The molecule has 0 aliphatic carbocycles. The molecule has 1 aliphatic rings. The van der Waals surface area contributed by atoms with E-state index in [2.05, 4.69) is 10.1 Å². The minimum atomic E-state index is -4.53. The first-order valence-corrected chi connectivity index (χ1v) is 8.40. The average Bonchev–Trinajstić information content (AvgIpc) is 3.14. The Labute approximate surface area is 153 Å². The SMILES string of the molecule is O=C(/C=C/c1ccc(Cl)c(C(F)(F)F)c1)N1CCC(n2cncn2)CC1. The highest BCUT2D eigenvalue weighted by Crippen LogP contribution is 2.35. The van der Waals surface area contributed by atoms with Crippen molar-refractivity contribution in [3.05, 3.63) is 53.1 Å². The van der Waals surface area contributed by atoms with Gasteiger partial charge in [-0.15, -0.1) is 0 Å². The van der Waals surface area contributed by atoms with Gasteiger partial charge in [0.15, 0.2) is 0 Å². The van der Waals surface area contributed by atoms with Crippen molar-refractivity contribution >= 4 is 23.6 Å². The highest BCUT2D eigenvalue weighted by Gasteiger charge is 2.33. The molecular formula is C17H16ClF3N4O. The number of likely N-dealkylation sites (tertiary alicyclic amines) is 1. The molecule has 0 bridgehead atoms. The van der Waals surface area contributed by atoms with Gasteiger partial charge in [-0.3, -0.25) is 4.79 Å². The van der Waals surface area contributed by atoms with Gasteiger partial charge in [-0.25, -0.2) is 9.67 Å². The molecule has 1 aliphatic heterocycles. The van der Waals surface area contributed by atoms with Gasteiger partial charge in [-0.1, -0.05) is 17.7 Å². The van der Waals surface area contributed by atoms with Gasteiger partial charge in [0, 0.05) is 19.2 Å². The molecule has 2 heterocycles. The van der Waals surface area contributed by atoms with Crippen LogP contribution in [0.4, 0.5) is 13.2 Å². The summed E-state index contributed by atoms with van der Waals surface area (Å²) in [6.07, 6.45) is 2.76. The zero-order valence-corrected chi connectivity index (χ0v) is 14.4. The highest BCUT2D eigenvalue weighted by molar-refractivity contribution is 6.31. The summed E-state index contributed by atoms with van der Waals surface area (Å²) in [7, 11) is 0. The van der Waals surface area contributed by atoms with Crippen LogP contribution in [0.1, 0.15) is 30.0 Å². The third kappa shape index (κ3) is 4.24. The molecule has 138 valence electrons. The van der Waals surface area contributed by atoms with Crippen LogP contribution in [-0.2, 0) is 11.0 Å². The van der Waals surface area contributed by atoms with Crippen molar-refractivity contribution in [3.63, 3.8) is 0 Å². The first kappa shape index (κ1) is 18.4. The van der Waals surface area contributed by atoms with Crippen LogP contribution < -0.4 is 0 Å². The Bertz CT molecular complexity index is 797. The van der Waals surface area contributed by atoms with E-state index >= 15 is 0 Å². The third-order valence-electron chi connectivity index (χ3n) is 4.30. The molecule has 9 heteroatoms. The molecule has 5 nitrogen and oxygen atoms in total. The smallest absolute Gasteiger partial charge is 0.339 e. The van der Waals surface area contributed by atoms with Crippen LogP contribution in [0.3, 0.4) is 0 Å². The molecule has 0 radical (unpaired) electrons. The van der Waals surface area contributed by atoms with E-state index in [9.17, 15) is 18.0 Å². The Morgan fingerprint density at radius 2 is 2.00 bits per heavy atom. The summed E-state index contributed by atoms with van der Waals surface area (Å²) in [5.41, 5.74) is -0.644. The van der Waals surface area contributed by atoms with Gasteiger partial charge in [0.1, 0.15) is 12.7 Å². The molecule has 3 rings (SSSR count). The monoisotopic (exact) mass is 384 g/mol. The lowest BCUT2D eigenvalue weighted by Gasteiger charge is -2.31. The van der Waals surface area contributed by atoms with Crippen LogP contribution in [0.25, 0.3) is 6.08 Å². The van der Waals surface area contributed by atoms with Gasteiger partial charge in [-0.2, -0.15) is 18.3 Å². The number of benzene rings is 1. The lowest BCUT2D eigenvalue weighted by atomic mass is 10.1. The lowest BCUT2D eigenvalue weighted by Crippen LogP contribution is -2.38. The second kappa shape index (κ2) is 7.49. The van der Waals surface area contributed by atoms with Crippen molar-refractivity contribution in [1.29, 1.82) is 0 Å². The maximum absolute atomic E-state index is 12.9. The molecule has 0 unspecified atom stereocenters. The summed E-state index contributed by atoms with van der Waals surface area (Å²) in [5.74, 6) is -0.231. The van der Waals surface area contributed by atoms with Crippen molar-refractivity contribution < 1.29 is 18.0 Å². The summed E-state index contributed by atoms with van der Waals surface area (Å²) in [5, 5.41) is 3.74. The predicted octanol–water partition coefficient (Wildman–Crippen LogP) is 3.83. The van der Waals surface area contributed by atoms with E-state index in [4.69, 9.17) is 11.6 Å². The van der Waals surface area contributed by atoms with Crippen LogP contribution in [0.5, 0.6) is 0 Å². The van der Waals surface area contributed by atoms with Crippen molar-refractivity contribution in [2.45, 2.75) is 25.1 Å². The number of alkyl halides is 3. The van der Waals surface area contributed by atoms with E-state index in [1.165, 1.54) is 30.6 Å². The van der Waals surface area contributed by atoms with Crippen molar-refractivity contribution in [3.8, 4) is 0 Å². The third-order valence-corrected chi connectivity index (χ3v) is 4.63. The Morgan fingerprint density at radius 1 is 1.27 bits per heavy atom. The minimum Gasteiger partial charge on any atom is -0.339 e. The number of hydrogen-bond acceptors (Lipinski definition) is 3. The minimum absolute atomic E-state index is 0.205. The van der Waals surface area contributed by atoms with Crippen LogP contribution in [0.15, 0.2) is 36.9 Å². The van der Waals surface area contributed by atoms with Crippen molar-refractivity contribution in [2.75, 3.05) is 13.1 Å². The van der Waals surface area contributed by atoms with Crippen LogP contribution in [0.2, 0.25) is 5.02 Å². The van der Waals surface area contributed by atoms with Gasteiger partial charge >= 0.3 is 6.18 Å². The average molecular weight is 385 g/mol. The fraction of sp³-hybridized carbons (Fsp3) is 0.353. The quantitative estimate of drug-likeness (QED) is 0.756. The predicted molar refractivity (Wildman–Crippen MR) is 90.4 cm³/mol. The molecule has 1 aromatic heterocycles. The molecule has 0 N–H and O–H groups in total. The molecular weight excluding hydrogens is 369 g/mol. The molecule has 1 saturated heterocycles. The van der Waals surface area contributed by atoms with Crippen LogP contribution in [0, 0.1) is 0 Å². The molecule has 26 heavy (non-hydrogen) atoms. The number of carbonyl (C=O) groups is 1. The molecule has 1 fully saturated rings. The number of piperidine rings is 1. The van der Waals surface area contributed by atoms with E-state index < -0.39 is 11.7 Å². The zero-order chi connectivity index (χ0) is 18.7. The summed E-state index contributed by atoms with van der Waals surface area (Å²) in [6.45, 7) is 1.12. The molecule has 1 aromatic carbocycles. The maximum atomic E-state index is 12.9. The summed E-state index contributed by atoms with van der Waals surface area (Å²) in [6, 6.07) is 3.76. The number of amides is 1. The molecule has 2 aromatic rings. The largest absolute Gasteiger partial charge is 0.417 e. The van der Waals surface area contributed by atoms with E-state index in [0.29, 0.717) is 13.1 Å². The van der Waals surface area contributed by atoms with Gasteiger partial charge in [0.25, 0.3) is 0 Å². The number of halogens is 4. The molecule has 0 spiro atoms. The summed E-state index contributed by atoms with van der Waals surface area (Å²) < 4.78 is 40.4. The van der Waals surface area contributed by atoms with E-state index in [0.717, 1.165) is 18.9 Å². The van der Waals surface area contributed by atoms with Crippen molar-refractivity contribution in [1.82, 2.24) is 19.7 Å². The van der Waals surface area contributed by atoms with Crippen LogP contribution >= 0.6 is 11.6 Å². The Morgan fingerprint density at radius 3 is 2.62 bits per heavy atom. The normalized spacial score (nSPS) is 16.4. The standard InChI is InChI=1S/C17H16ClF3N4O/c18-15-3-1-12(9-14(15)17(19,20)21)2-4-16(26)24-7-5-13(6-8-24)25-11-22-10-23-25/h1-4,9-11,13H,5-8H2/b4-2+. The fourth-order valence-corrected chi connectivity index (χ4v) is 3.12.